The van der Waals surface area contributed by atoms with Gasteiger partial charge in [0, 0.05) is 27.9 Å². The number of aryl methyl sites for hydroxylation is 1. The zero-order valence-electron chi connectivity index (χ0n) is 16.5. The van der Waals surface area contributed by atoms with Gasteiger partial charge in [0.15, 0.2) is 5.65 Å². The Morgan fingerprint density at radius 1 is 1.25 bits per heavy atom. The zero-order valence-corrected chi connectivity index (χ0v) is 18.0. The Kier molecular flexibility index (Phi) is 7.04. The predicted molar refractivity (Wildman–Crippen MR) is 111 cm³/mol. The third kappa shape index (κ3) is 5.92. The molecule has 2 heterocycles. The molecular formula is C20H23Cl2N3O3. The first kappa shape index (κ1) is 22.1. The summed E-state index contributed by atoms with van der Waals surface area (Å²) < 4.78 is 6.21. The minimum atomic E-state index is -0.500. The van der Waals surface area contributed by atoms with Crippen molar-refractivity contribution in [1.29, 1.82) is 0 Å². The number of rotatable bonds is 3. The van der Waals surface area contributed by atoms with Crippen molar-refractivity contribution < 1.29 is 14.6 Å². The Morgan fingerprint density at radius 3 is 2.46 bits per heavy atom. The molecule has 0 bridgehead atoms. The quantitative estimate of drug-likeness (QED) is 0.495. The number of carbonyl (C=O) groups is 1. The summed E-state index contributed by atoms with van der Waals surface area (Å²) in [5, 5.41) is 14.0. The third-order valence-corrected chi connectivity index (χ3v) is 4.14. The number of hydrogen-bond donors (Lipinski definition) is 1. The number of nitrogens with zero attached hydrogens (tertiary/aromatic N) is 3. The fourth-order valence-electron chi connectivity index (χ4n) is 2.32. The largest absolute Gasteiger partial charge is 0.469 e. The van der Waals surface area contributed by atoms with Gasteiger partial charge in [-0.05, 0) is 39.8 Å². The van der Waals surface area contributed by atoms with Crippen LogP contribution in [-0.4, -0.2) is 38.4 Å². The van der Waals surface area contributed by atoms with Crippen LogP contribution in [0.5, 0.6) is 0 Å². The fraction of sp³-hybridized carbons (Fsp3) is 0.350. The summed E-state index contributed by atoms with van der Waals surface area (Å²) in [6.45, 7) is 7.03. The number of hydrogen-bond acceptors (Lipinski definition) is 5. The van der Waals surface area contributed by atoms with Crippen molar-refractivity contribution in [2.24, 2.45) is 0 Å². The van der Waals surface area contributed by atoms with Crippen LogP contribution in [-0.2, 0) is 16.0 Å². The maximum atomic E-state index is 11.5. The van der Waals surface area contributed by atoms with Crippen LogP contribution >= 0.6 is 23.2 Å². The van der Waals surface area contributed by atoms with Gasteiger partial charge in [0.05, 0.1) is 24.8 Å². The lowest BCUT2D eigenvalue weighted by Gasteiger charge is -2.08. The molecular weight excluding hydrogens is 401 g/mol. The molecule has 0 atom stereocenters. The van der Waals surface area contributed by atoms with Crippen molar-refractivity contribution in [2.75, 3.05) is 7.11 Å². The molecule has 0 unspecified atom stereocenters. The number of aliphatic hydroxyl groups is 1. The zero-order chi connectivity index (χ0) is 21.1. The van der Waals surface area contributed by atoms with Crippen LogP contribution in [0, 0.1) is 6.92 Å². The van der Waals surface area contributed by atoms with E-state index in [9.17, 15) is 4.79 Å². The lowest BCUT2D eigenvalue weighted by molar-refractivity contribution is -0.139. The van der Waals surface area contributed by atoms with Gasteiger partial charge in [-0.3, -0.25) is 4.79 Å². The van der Waals surface area contributed by atoms with Crippen molar-refractivity contribution in [3.05, 3.63) is 51.8 Å². The molecule has 3 aromatic rings. The van der Waals surface area contributed by atoms with Crippen LogP contribution in [0.25, 0.3) is 16.9 Å². The third-order valence-electron chi connectivity index (χ3n) is 3.51. The number of fused-ring (bicyclic) bond motifs is 1. The van der Waals surface area contributed by atoms with E-state index in [-0.39, 0.29) is 12.4 Å². The highest BCUT2D eigenvalue weighted by Gasteiger charge is 2.17. The predicted octanol–water partition coefficient (Wildman–Crippen LogP) is 4.50. The first-order valence-electron chi connectivity index (χ1n) is 8.59. The number of aromatic nitrogens is 3. The monoisotopic (exact) mass is 423 g/mol. The molecule has 0 aliphatic carbocycles. The van der Waals surface area contributed by atoms with Gasteiger partial charge in [-0.15, -0.1) is 0 Å². The molecule has 0 saturated heterocycles. The molecule has 0 amide bonds. The molecule has 0 radical (unpaired) electrons. The average Bonchev–Trinajstić information content (AvgIpc) is 3.01. The van der Waals surface area contributed by atoms with Crippen LogP contribution in [0.2, 0.25) is 10.2 Å². The molecule has 0 fully saturated rings. The summed E-state index contributed by atoms with van der Waals surface area (Å²) in [5.41, 5.74) is 2.95. The Labute approximate surface area is 174 Å². The molecule has 3 rings (SSSR count). The van der Waals surface area contributed by atoms with Crippen LogP contribution in [0.15, 0.2) is 30.3 Å². The lowest BCUT2D eigenvalue weighted by Crippen LogP contribution is -2.10. The standard InChI is InChI=1S/C16H13Cl2N3O2.C4H10O/c1-9-12(7-15(22)23-2)16(18)21-14(19-9)8-13(20-21)10-4-3-5-11(17)6-10;1-4(2,3)5/h3-6,8H,7H2,1-2H3;5H,1-3H3. The van der Waals surface area contributed by atoms with Gasteiger partial charge in [0.25, 0.3) is 0 Å². The SMILES string of the molecule is CC(C)(C)O.COC(=O)Cc1c(C)nc2cc(-c3cccc(Cl)c3)nn2c1Cl. The van der Waals surface area contributed by atoms with Crippen molar-refractivity contribution in [1.82, 2.24) is 14.6 Å². The molecule has 150 valence electrons. The molecule has 8 heteroatoms. The number of halogens is 2. The van der Waals surface area contributed by atoms with E-state index in [2.05, 4.69) is 10.1 Å². The van der Waals surface area contributed by atoms with E-state index in [1.165, 1.54) is 11.6 Å². The molecule has 6 nitrogen and oxygen atoms in total. The van der Waals surface area contributed by atoms with Crippen LogP contribution in [0.1, 0.15) is 32.0 Å². The Balaban J connectivity index is 0.000000500. The Bertz CT molecular complexity index is 988. The topological polar surface area (TPSA) is 76.7 Å². The molecule has 0 aliphatic rings. The van der Waals surface area contributed by atoms with Gasteiger partial charge in [0.1, 0.15) is 5.15 Å². The molecule has 28 heavy (non-hydrogen) atoms. The van der Waals surface area contributed by atoms with Gasteiger partial charge >= 0.3 is 5.97 Å². The molecule has 1 aromatic carbocycles. The molecule has 0 saturated carbocycles. The van der Waals surface area contributed by atoms with E-state index >= 15 is 0 Å². The number of carbonyl (C=O) groups excluding carboxylic acids is 1. The van der Waals surface area contributed by atoms with Gasteiger partial charge in [-0.1, -0.05) is 35.3 Å². The van der Waals surface area contributed by atoms with E-state index in [1.807, 2.05) is 24.3 Å². The smallest absolute Gasteiger partial charge is 0.310 e. The summed E-state index contributed by atoms with van der Waals surface area (Å²) in [6.07, 6.45) is 0.0520. The Morgan fingerprint density at radius 2 is 1.89 bits per heavy atom. The van der Waals surface area contributed by atoms with Crippen molar-refractivity contribution in [2.45, 2.75) is 39.7 Å². The highest BCUT2D eigenvalue weighted by atomic mass is 35.5. The van der Waals surface area contributed by atoms with Crippen LogP contribution in [0.3, 0.4) is 0 Å². The second-order valence-corrected chi connectivity index (χ2v) is 7.99. The highest BCUT2D eigenvalue weighted by molar-refractivity contribution is 6.31. The van der Waals surface area contributed by atoms with Gasteiger partial charge < -0.3 is 9.84 Å². The normalized spacial score (nSPS) is 11.1. The van der Waals surface area contributed by atoms with E-state index in [0.717, 1.165) is 5.56 Å². The fourth-order valence-corrected chi connectivity index (χ4v) is 2.84. The average molecular weight is 424 g/mol. The second-order valence-electron chi connectivity index (χ2n) is 7.20. The van der Waals surface area contributed by atoms with E-state index in [1.54, 1.807) is 33.8 Å². The van der Waals surface area contributed by atoms with Crippen molar-refractivity contribution in [3.63, 3.8) is 0 Å². The summed E-state index contributed by atoms with van der Waals surface area (Å²) in [5.74, 6) is -0.377. The minimum Gasteiger partial charge on any atom is -0.469 e. The number of methoxy groups -OCH3 is 1. The number of ether oxygens (including phenoxy) is 1. The summed E-state index contributed by atoms with van der Waals surface area (Å²) in [7, 11) is 1.34. The first-order valence-corrected chi connectivity index (χ1v) is 9.35. The molecule has 1 N–H and O–H groups in total. The van der Waals surface area contributed by atoms with E-state index in [4.69, 9.17) is 33.0 Å². The molecule has 0 spiro atoms. The first-order chi connectivity index (χ1) is 13.0. The van der Waals surface area contributed by atoms with Crippen molar-refractivity contribution >= 4 is 34.8 Å². The summed E-state index contributed by atoms with van der Waals surface area (Å²) in [6, 6.07) is 9.20. The number of benzene rings is 1. The maximum absolute atomic E-state index is 11.5. The minimum absolute atomic E-state index is 0.0520. The Hall–Kier alpha value is -2.15. The van der Waals surface area contributed by atoms with Crippen molar-refractivity contribution in [3.8, 4) is 11.3 Å². The van der Waals surface area contributed by atoms with Crippen LogP contribution in [0.4, 0.5) is 0 Å². The maximum Gasteiger partial charge on any atom is 0.310 e. The number of esters is 1. The van der Waals surface area contributed by atoms with Gasteiger partial charge in [0.2, 0.25) is 0 Å². The lowest BCUT2D eigenvalue weighted by atomic mass is 10.1. The van der Waals surface area contributed by atoms with Gasteiger partial charge in [-0.25, -0.2) is 9.50 Å². The second kappa shape index (κ2) is 8.90. The van der Waals surface area contributed by atoms with E-state index < -0.39 is 5.60 Å². The highest BCUT2D eigenvalue weighted by Crippen LogP contribution is 2.26. The summed E-state index contributed by atoms with van der Waals surface area (Å²) in [4.78, 5) is 16.0. The molecule has 0 aliphatic heterocycles. The van der Waals surface area contributed by atoms with E-state index in [0.29, 0.717) is 32.8 Å². The van der Waals surface area contributed by atoms with Crippen LogP contribution < -0.4 is 0 Å². The van der Waals surface area contributed by atoms with Gasteiger partial charge in [-0.2, -0.15) is 5.10 Å². The summed E-state index contributed by atoms with van der Waals surface area (Å²) >= 11 is 12.4. The molecule has 2 aromatic heterocycles.